The molecule has 0 radical (unpaired) electrons. The molecule has 0 amide bonds. The Bertz CT molecular complexity index is 740. The highest BCUT2D eigenvalue weighted by Gasteiger charge is 2.14. The summed E-state index contributed by atoms with van der Waals surface area (Å²) in [5.74, 6) is 0. The van der Waals surface area contributed by atoms with E-state index in [0.717, 1.165) is 0 Å². The first-order chi connectivity index (χ1) is 9.47. The maximum Gasteiger partial charge on any atom is 0.0488 e. The van der Waals surface area contributed by atoms with Gasteiger partial charge in [-0.05, 0) is 28.7 Å². The summed E-state index contributed by atoms with van der Waals surface area (Å²) in [6, 6.07) is 19.7. The monoisotopic (exact) mass is 263 g/mol. The molecule has 3 rings (SSSR count). The summed E-state index contributed by atoms with van der Waals surface area (Å²) in [6.07, 6.45) is 0. The third-order valence-corrected chi connectivity index (χ3v) is 4.00. The third kappa shape index (κ3) is 2.14. The summed E-state index contributed by atoms with van der Waals surface area (Å²) >= 11 is 0. The van der Waals surface area contributed by atoms with E-state index in [-0.39, 0.29) is 5.41 Å². The SMILES string of the molecule is Cn1c(-c2ccc(C(C)(C)C)cc2)cc2ccccc21. The largest absolute Gasteiger partial charge is 0.344 e. The zero-order chi connectivity index (χ0) is 14.3. The molecule has 20 heavy (non-hydrogen) atoms. The van der Waals surface area contributed by atoms with Gasteiger partial charge in [-0.25, -0.2) is 0 Å². The Labute approximate surface area is 120 Å². The Morgan fingerprint density at radius 1 is 0.850 bits per heavy atom. The first kappa shape index (κ1) is 13.0. The van der Waals surface area contributed by atoms with Crippen molar-refractivity contribution in [2.24, 2.45) is 7.05 Å². The summed E-state index contributed by atoms with van der Waals surface area (Å²) in [5, 5.41) is 1.30. The molecule has 0 fully saturated rings. The van der Waals surface area contributed by atoms with Crippen molar-refractivity contribution < 1.29 is 0 Å². The van der Waals surface area contributed by atoms with Crippen molar-refractivity contribution >= 4 is 10.9 Å². The molecule has 1 heterocycles. The van der Waals surface area contributed by atoms with Crippen LogP contribution in [0.3, 0.4) is 0 Å². The lowest BCUT2D eigenvalue weighted by atomic mass is 9.86. The van der Waals surface area contributed by atoms with Crippen LogP contribution in [0.15, 0.2) is 54.6 Å². The zero-order valence-electron chi connectivity index (χ0n) is 12.6. The van der Waals surface area contributed by atoms with E-state index in [1.165, 1.54) is 27.7 Å². The van der Waals surface area contributed by atoms with Crippen LogP contribution in [-0.4, -0.2) is 4.57 Å². The third-order valence-electron chi connectivity index (χ3n) is 4.00. The van der Waals surface area contributed by atoms with Gasteiger partial charge in [0, 0.05) is 23.6 Å². The molecule has 0 saturated carbocycles. The Hall–Kier alpha value is -2.02. The summed E-state index contributed by atoms with van der Waals surface area (Å²) in [4.78, 5) is 0. The minimum atomic E-state index is 0.206. The number of nitrogens with zero attached hydrogens (tertiary/aromatic N) is 1. The van der Waals surface area contributed by atoms with Gasteiger partial charge in [0.05, 0.1) is 0 Å². The maximum atomic E-state index is 2.27. The van der Waals surface area contributed by atoms with Crippen LogP contribution in [0.2, 0.25) is 0 Å². The van der Waals surface area contributed by atoms with Crippen molar-refractivity contribution in [1.29, 1.82) is 0 Å². The highest BCUT2D eigenvalue weighted by atomic mass is 14.9. The molecule has 1 aromatic heterocycles. The van der Waals surface area contributed by atoms with Crippen LogP contribution in [0, 0.1) is 0 Å². The molecule has 0 unspecified atom stereocenters. The average Bonchev–Trinajstić information content (AvgIpc) is 2.76. The van der Waals surface area contributed by atoms with Gasteiger partial charge in [-0.3, -0.25) is 0 Å². The Balaban J connectivity index is 2.09. The van der Waals surface area contributed by atoms with E-state index in [1.54, 1.807) is 0 Å². The minimum absolute atomic E-state index is 0.206. The second kappa shape index (κ2) is 4.52. The van der Waals surface area contributed by atoms with Gasteiger partial charge in [-0.15, -0.1) is 0 Å². The Morgan fingerprint density at radius 2 is 1.50 bits per heavy atom. The van der Waals surface area contributed by atoms with Gasteiger partial charge in [0.25, 0.3) is 0 Å². The van der Waals surface area contributed by atoms with Crippen molar-refractivity contribution in [3.8, 4) is 11.3 Å². The van der Waals surface area contributed by atoms with E-state index >= 15 is 0 Å². The standard InChI is InChI=1S/C19H21N/c1-19(2,3)16-11-9-14(10-12-16)18-13-15-7-5-6-8-17(15)20(18)4/h5-13H,1-4H3. The van der Waals surface area contributed by atoms with Crippen molar-refractivity contribution in [3.05, 3.63) is 60.2 Å². The molecular formula is C19H21N. The van der Waals surface area contributed by atoms with Gasteiger partial charge in [-0.2, -0.15) is 0 Å². The highest BCUT2D eigenvalue weighted by Crippen LogP contribution is 2.29. The van der Waals surface area contributed by atoms with Gasteiger partial charge >= 0.3 is 0 Å². The van der Waals surface area contributed by atoms with Gasteiger partial charge in [-0.1, -0.05) is 63.2 Å². The lowest BCUT2D eigenvalue weighted by molar-refractivity contribution is 0.590. The van der Waals surface area contributed by atoms with Crippen LogP contribution in [0.4, 0.5) is 0 Å². The van der Waals surface area contributed by atoms with Crippen LogP contribution in [-0.2, 0) is 12.5 Å². The van der Waals surface area contributed by atoms with Gasteiger partial charge in [0.15, 0.2) is 0 Å². The average molecular weight is 263 g/mol. The lowest BCUT2D eigenvalue weighted by Gasteiger charge is -2.19. The number of benzene rings is 2. The van der Waals surface area contributed by atoms with Crippen molar-refractivity contribution in [1.82, 2.24) is 4.57 Å². The summed E-state index contributed by atoms with van der Waals surface area (Å²) in [6.45, 7) is 6.75. The van der Waals surface area contributed by atoms with Crippen LogP contribution >= 0.6 is 0 Å². The molecule has 0 spiro atoms. The minimum Gasteiger partial charge on any atom is -0.344 e. The molecule has 0 bridgehead atoms. The number of aryl methyl sites for hydroxylation is 1. The molecule has 0 aliphatic heterocycles. The highest BCUT2D eigenvalue weighted by molar-refractivity contribution is 5.86. The Morgan fingerprint density at radius 3 is 2.10 bits per heavy atom. The fraction of sp³-hybridized carbons (Fsp3) is 0.263. The van der Waals surface area contributed by atoms with Crippen molar-refractivity contribution in [2.45, 2.75) is 26.2 Å². The number of hydrogen-bond acceptors (Lipinski definition) is 0. The zero-order valence-corrected chi connectivity index (χ0v) is 12.6. The normalized spacial score (nSPS) is 12.0. The molecule has 1 heteroatoms. The summed E-state index contributed by atoms with van der Waals surface area (Å²) in [5.41, 5.74) is 5.41. The predicted octanol–water partition coefficient (Wildman–Crippen LogP) is 5.14. The number of para-hydroxylation sites is 1. The van der Waals surface area contributed by atoms with E-state index in [4.69, 9.17) is 0 Å². The molecule has 1 nitrogen and oxygen atoms in total. The van der Waals surface area contributed by atoms with Gasteiger partial charge in [0.2, 0.25) is 0 Å². The molecule has 0 N–H and O–H groups in total. The fourth-order valence-corrected chi connectivity index (χ4v) is 2.71. The van der Waals surface area contributed by atoms with Crippen LogP contribution < -0.4 is 0 Å². The molecule has 0 aliphatic carbocycles. The van der Waals surface area contributed by atoms with Crippen LogP contribution in [0.5, 0.6) is 0 Å². The van der Waals surface area contributed by atoms with Crippen LogP contribution in [0.1, 0.15) is 26.3 Å². The molecular weight excluding hydrogens is 242 g/mol. The van der Waals surface area contributed by atoms with Gasteiger partial charge in [0.1, 0.15) is 0 Å². The molecule has 102 valence electrons. The summed E-state index contributed by atoms with van der Waals surface area (Å²) < 4.78 is 2.27. The lowest BCUT2D eigenvalue weighted by Crippen LogP contribution is -2.10. The molecule has 3 aromatic rings. The van der Waals surface area contributed by atoms with E-state index in [1.807, 2.05) is 0 Å². The van der Waals surface area contributed by atoms with E-state index in [0.29, 0.717) is 0 Å². The van der Waals surface area contributed by atoms with Crippen LogP contribution in [0.25, 0.3) is 22.2 Å². The number of aromatic nitrogens is 1. The van der Waals surface area contributed by atoms with E-state index < -0.39 is 0 Å². The predicted molar refractivity (Wildman–Crippen MR) is 87.1 cm³/mol. The molecule has 0 atom stereocenters. The van der Waals surface area contributed by atoms with Crippen molar-refractivity contribution in [2.75, 3.05) is 0 Å². The number of hydrogen-bond donors (Lipinski definition) is 0. The number of rotatable bonds is 1. The molecule has 0 saturated heterocycles. The fourth-order valence-electron chi connectivity index (χ4n) is 2.71. The molecule has 0 aliphatic rings. The van der Waals surface area contributed by atoms with Gasteiger partial charge < -0.3 is 4.57 Å². The second-order valence-electron chi connectivity index (χ2n) is 6.47. The quantitative estimate of drug-likeness (QED) is 0.572. The summed E-state index contributed by atoms with van der Waals surface area (Å²) in [7, 11) is 2.13. The number of fused-ring (bicyclic) bond motifs is 1. The second-order valence-corrected chi connectivity index (χ2v) is 6.47. The smallest absolute Gasteiger partial charge is 0.0488 e. The van der Waals surface area contributed by atoms with E-state index in [9.17, 15) is 0 Å². The first-order valence-corrected chi connectivity index (χ1v) is 7.12. The topological polar surface area (TPSA) is 4.93 Å². The first-order valence-electron chi connectivity index (χ1n) is 7.12. The maximum absolute atomic E-state index is 2.27. The Kier molecular flexibility index (Phi) is 2.93. The molecule has 2 aromatic carbocycles. The van der Waals surface area contributed by atoms with E-state index in [2.05, 4.69) is 87.0 Å². The van der Waals surface area contributed by atoms with Crippen molar-refractivity contribution in [3.63, 3.8) is 0 Å².